The minimum absolute atomic E-state index is 0.0134. The summed E-state index contributed by atoms with van der Waals surface area (Å²) < 4.78 is 49.6. The highest BCUT2D eigenvalue weighted by Crippen LogP contribution is 2.51. The molecular formula is C64H80N3O14P. The summed E-state index contributed by atoms with van der Waals surface area (Å²) in [7, 11) is -4.21. The van der Waals surface area contributed by atoms with Crippen LogP contribution in [0.3, 0.4) is 0 Å². The maximum Gasteiger partial charge on any atom is 0.331 e. The Morgan fingerprint density at radius 2 is 0.902 bits per heavy atom. The molecule has 0 aliphatic carbocycles. The molecule has 5 rings (SSSR count). The van der Waals surface area contributed by atoms with Gasteiger partial charge in [0.05, 0.1) is 31.2 Å². The van der Waals surface area contributed by atoms with Crippen molar-refractivity contribution in [2.75, 3.05) is 25.9 Å². The zero-order valence-electron chi connectivity index (χ0n) is 46.9. The number of hydrogen-bond donors (Lipinski definition) is 3. The fourth-order valence-electron chi connectivity index (χ4n) is 8.61. The van der Waals surface area contributed by atoms with Crippen molar-refractivity contribution in [3.63, 3.8) is 0 Å². The maximum atomic E-state index is 14.9. The molecule has 2 amide bonds. The van der Waals surface area contributed by atoms with Gasteiger partial charge in [-0.25, -0.2) is 4.79 Å². The fourth-order valence-corrected chi connectivity index (χ4v) is 10.5. The quantitative estimate of drug-likeness (QED) is 0.0143. The molecule has 18 heteroatoms. The lowest BCUT2D eigenvalue weighted by atomic mass is 9.94. The zero-order valence-corrected chi connectivity index (χ0v) is 47.8. The number of Topliss-reactive ketones (excluding diaryl/α,β-unsaturated/α-hetero) is 1. The monoisotopic (exact) mass is 1150 g/mol. The highest BCUT2D eigenvalue weighted by molar-refractivity contribution is 7.53. The van der Waals surface area contributed by atoms with Gasteiger partial charge in [0.1, 0.15) is 38.3 Å². The van der Waals surface area contributed by atoms with Gasteiger partial charge in [-0.2, -0.15) is 0 Å². The zero-order chi connectivity index (χ0) is 58.5. The lowest BCUT2D eigenvalue weighted by Gasteiger charge is -2.24. The minimum Gasteiger partial charge on any atom is -0.461 e. The van der Waals surface area contributed by atoms with Crippen LogP contribution in [0, 0.1) is 11.8 Å². The first kappa shape index (κ1) is 65.5. The van der Waals surface area contributed by atoms with Crippen molar-refractivity contribution in [2.24, 2.45) is 17.6 Å². The van der Waals surface area contributed by atoms with E-state index in [1.54, 1.807) is 84.9 Å². The van der Waals surface area contributed by atoms with Gasteiger partial charge in [0, 0.05) is 38.6 Å². The third-order valence-electron chi connectivity index (χ3n) is 13.3. The van der Waals surface area contributed by atoms with Crippen LogP contribution in [-0.4, -0.2) is 73.4 Å². The average molecular weight is 1150 g/mol. The SMILES string of the molecule is NCCCCCC(=O)NCCCCCC(=O)C[C@@H](CCC(=O)N[C@@H](CCCOP(=O)(C[C@@H](CCC(=O)OCc1ccccc1)C(=O)OCc1ccccc1)OCc1ccccc1)C(=O)OCc1ccccc1)C(=O)OCc1ccccc1. The third kappa shape index (κ3) is 27.4. The number of hydrogen-bond acceptors (Lipinski definition) is 15. The van der Waals surface area contributed by atoms with Crippen LogP contribution in [0.1, 0.15) is 124 Å². The van der Waals surface area contributed by atoms with Gasteiger partial charge in [-0.3, -0.25) is 33.3 Å². The van der Waals surface area contributed by atoms with Gasteiger partial charge >= 0.3 is 31.5 Å². The lowest BCUT2D eigenvalue weighted by molar-refractivity contribution is -0.152. The van der Waals surface area contributed by atoms with Crippen molar-refractivity contribution in [1.29, 1.82) is 0 Å². The number of carbonyl (C=O) groups is 7. The van der Waals surface area contributed by atoms with Crippen LogP contribution in [0.25, 0.3) is 0 Å². The Morgan fingerprint density at radius 1 is 0.439 bits per heavy atom. The first-order valence-electron chi connectivity index (χ1n) is 28.4. The van der Waals surface area contributed by atoms with E-state index in [0.717, 1.165) is 36.0 Å². The molecule has 0 heterocycles. The summed E-state index contributed by atoms with van der Waals surface area (Å²) in [5.74, 6) is -5.54. The lowest BCUT2D eigenvalue weighted by Crippen LogP contribution is -2.42. The average Bonchev–Trinajstić information content (AvgIpc) is 3.51. The molecule has 1 unspecified atom stereocenters. The van der Waals surface area contributed by atoms with Crippen LogP contribution in [0.15, 0.2) is 152 Å². The Kier molecular flexibility index (Phi) is 30.7. The largest absolute Gasteiger partial charge is 0.461 e. The summed E-state index contributed by atoms with van der Waals surface area (Å²) >= 11 is 0. The van der Waals surface area contributed by atoms with E-state index in [1.807, 2.05) is 66.7 Å². The first-order chi connectivity index (χ1) is 39.9. The Morgan fingerprint density at radius 3 is 1.44 bits per heavy atom. The minimum atomic E-state index is -4.21. The normalized spacial score (nSPS) is 12.8. The van der Waals surface area contributed by atoms with Crippen LogP contribution in [0.2, 0.25) is 0 Å². The molecule has 0 saturated carbocycles. The Bertz CT molecular complexity index is 2720. The van der Waals surface area contributed by atoms with Gasteiger partial charge < -0.3 is 44.4 Å². The number of esters is 4. The van der Waals surface area contributed by atoms with Crippen molar-refractivity contribution in [3.8, 4) is 0 Å². The van der Waals surface area contributed by atoms with Crippen LogP contribution in [0.5, 0.6) is 0 Å². The van der Waals surface area contributed by atoms with Crippen molar-refractivity contribution in [3.05, 3.63) is 179 Å². The Labute approximate surface area is 482 Å². The van der Waals surface area contributed by atoms with E-state index in [1.165, 1.54) is 0 Å². The Balaban J connectivity index is 1.24. The van der Waals surface area contributed by atoms with E-state index in [2.05, 4.69) is 10.6 Å². The van der Waals surface area contributed by atoms with E-state index in [-0.39, 0.29) is 103 Å². The van der Waals surface area contributed by atoms with Crippen LogP contribution < -0.4 is 16.4 Å². The van der Waals surface area contributed by atoms with Crippen LogP contribution >= 0.6 is 7.60 Å². The van der Waals surface area contributed by atoms with Crippen molar-refractivity contribution < 1.29 is 66.1 Å². The van der Waals surface area contributed by atoms with E-state index < -0.39 is 61.4 Å². The number of nitrogens with one attached hydrogen (secondary N) is 2. The fraction of sp³-hybridized carbons (Fsp3) is 0.422. The summed E-state index contributed by atoms with van der Waals surface area (Å²) in [5, 5.41) is 5.67. The first-order valence-corrected chi connectivity index (χ1v) is 30.1. The molecule has 0 saturated heterocycles. The van der Waals surface area contributed by atoms with Crippen LogP contribution in [0.4, 0.5) is 0 Å². The number of carbonyl (C=O) groups excluding carboxylic acids is 7. The molecule has 0 aliphatic heterocycles. The summed E-state index contributed by atoms with van der Waals surface area (Å²) in [4.78, 5) is 93.7. The standard InChI is InChI=1S/C64H80N3O14P/c65-40-20-6-19-35-59(69)66-41-21-7-18-33-57(68)43-55(62(72)77-45-51-25-10-2-11-26-51)36-38-60(70)67-58(64(74)79-47-53-29-14-4-15-30-53)34-22-42-80-82(75,81-48-54-31-16-5-17-32-54)49-56(63(73)78-46-52-27-12-3-13-28-52)37-39-61(71)76-44-50-23-8-1-9-24-50/h1-5,8-17,23-32,55-56,58H,6-7,18-22,33-49,65H2,(H,66,69)(H,67,70)/t55-,56-,58+,82?/m1/s1. The van der Waals surface area contributed by atoms with Gasteiger partial charge in [-0.1, -0.05) is 165 Å². The molecule has 5 aromatic carbocycles. The predicted octanol–water partition coefficient (Wildman–Crippen LogP) is 10.6. The molecule has 0 fully saturated rings. The van der Waals surface area contributed by atoms with Crippen molar-refractivity contribution in [2.45, 2.75) is 135 Å². The summed E-state index contributed by atoms with van der Waals surface area (Å²) in [6.45, 7) is 0.541. The van der Waals surface area contributed by atoms with E-state index in [9.17, 15) is 38.1 Å². The molecule has 0 aliphatic rings. The second-order valence-electron chi connectivity index (χ2n) is 20.0. The van der Waals surface area contributed by atoms with Gasteiger partial charge in [-0.05, 0) is 85.7 Å². The molecule has 4 N–H and O–H groups in total. The van der Waals surface area contributed by atoms with E-state index in [0.29, 0.717) is 49.9 Å². The van der Waals surface area contributed by atoms with E-state index >= 15 is 0 Å². The number of unbranched alkanes of at least 4 members (excludes halogenated alkanes) is 4. The Hall–Kier alpha value is -7.30. The topological polar surface area (TPSA) is 242 Å². The molecule has 82 heavy (non-hydrogen) atoms. The smallest absolute Gasteiger partial charge is 0.331 e. The number of ketones is 1. The predicted molar refractivity (Wildman–Crippen MR) is 310 cm³/mol. The van der Waals surface area contributed by atoms with Gasteiger partial charge in [0.15, 0.2) is 0 Å². The molecule has 5 aromatic rings. The molecular weight excluding hydrogens is 1070 g/mol. The summed E-state index contributed by atoms with van der Waals surface area (Å²) in [6, 6.07) is 44.0. The number of amides is 2. The molecule has 4 atom stereocenters. The van der Waals surface area contributed by atoms with Crippen molar-refractivity contribution >= 4 is 49.1 Å². The van der Waals surface area contributed by atoms with Gasteiger partial charge in [0.2, 0.25) is 11.8 Å². The molecule has 17 nitrogen and oxygen atoms in total. The highest BCUT2D eigenvalue weighted by Gasteiger charge is 2.35. The number of nitrogens with two attached hydrogens (primary N) is 1. The second-order valence-corrected chi connectivity index (χ2v) is 22.2. The molecule has 0 bridgehead atoms. The molecule has 0 spiro atoms. The molecule has 0 aromatic heterocycles. The number of rotatable bonds is 41. The third-order valence-corrected chi connectivity index (χ3v) is 15.3. The van der Waals surface area contributed by atoms with Crippen molar-refractivity contribution in [1.82, 2.24) is 10.6 Å². The number of ether oxygens (including phenoxy) is 4. The van der Waals surface area contributed by atoms with Gasteiger partial charge in [0.25, 0.3) is 0 Å². The maximum absolute atomic E-state index is 14.9. The summed E-state index contributed by atoms with van der Waals surface area (Å²) in [5.41, 5.74) is 9.18. The molecule has 440 valence electrons. The van der Waals surface area contributed by atoms with E-state index in [4.69, 9.17) is 33.7 Å². The highest BCUT2D eigenvalue weighted by atomic mass is 31.2. The van der Waals surface area contributed by atoms with Gasteiger partial charge in [-0.15, -0.1) is 0 Å². The number of benzene rings is 5. The van der Waals surface area contributed by atoms with Crippen LogP contribution in [-0.2, 0) is 99.2 Å². The molecule has 0 radical (unpaired) electrons. The second kappa shape index (κ2) is 38.4. The summed E-state index contributed by atoms with van der Waals surface area (Å²) in [6.07, 6.45) is 3.94.